The number of benzene rings is 3. The summed E-state index contributed by atoms with van der Waals surface area (Å²) in [6.45, 7) is 0. The van der Waals surface area contributed by atoms with Crippen LogP contribution in [0.3, 0.4) is 0 Å². The molecular weight excluding hydrogens is 422 g/mol. The summed E-state index contributed by atoms with van der Waals surface area (Å²) in [5.74, 6) is 0. The molecule has 0 aromatic heterocycles. The van der Waals surface area contributed by atoms with E-state index in [2.05, 4.69) is 0 Å². The first-order chi connectivity index (χ1) is 12.9. The zero-order valence-electron chi connectivity index (χ0n) is 14.0. The molecule has 0 unspecified atom stereocenters. The van der Waals surface area contributed by atoms with Crippen LogP contribution < -0.4 is 0 Å². The second-order valence-corrected chi connectivity index (χ2v) is 9.55. The molecular formula is C22H14Cl4O. The number of hydrogen-bond donors (Lipinski definition) is 0. The van der Waals surface area contributed by atoms with E-state index in [0.717, 1.165) is 22.3 Å². The van der Waals surface area contributed by atoms with Gasteiger partial charge in [-0.05, 0) is 22.3 Å². The predicted octanol–water partition coefficient (Wildman–Crippen LogP) is 6.57. The molecule has 0 radical (unpaired) electrons. The van der Waals surface area contributed by atoms with E-state index in [4.69, 9.17) is 51.1 Å². The molecule has 0 aliphatic carbocycles. The average Bonchev–Trinajstić information content (AvgIpc) is 3.10. The van der Waals surface area contributed by atoms with Gasteiger partial charge < -0.3 is 4.74 Å². The zero-order valence-corrected chi connectivity index (χ0v) is 17.0. The first-order valence-electron chi connectivity index (χ1n) is 8.56. The summed E-state index contributed by atoms with van der Waals surface area (Å²) < 4.78 is 3.53. The minimum absolute atomic E-state index is 0.809. The molecule has 2 bridgehead atoms. The van der Waals surface area contributed by atoms with Crippen LogP contribution in [-0.4, -0.2) is 8.67 Å². The monoisotopic (exact) mass is 434 g/mol. The highest BCUT2D eigenvalue weighted by molar-refractivity contribution is 6.64. The Bertz CT molecular complexity index is 936. The first kappa shape index (κ1) is 17.8. The van der Waals surface area contributed by atoms with Crippen LogP contribution in [0, 0.1) is 0 Å². The first-order valence-corrected chi connectivity index (χ1v) is 10.1. The smallest absolute Gasteiger partial charge is 0.191 e. The Morgan fingerprint density at radius 1 is 0.481 bits per heavy atom. The summed E-state index contributed by atoms with van der Waals surface area (Å²) in [6.07, 6.45) is 0. The summed E-state index contributed by atoms with van der Waals surface area (Å²) in [5.41, 5.74) is 0.969. The van der Waals surface area contributed by atoms with Crippen molar-refractivity contribution in [1.29, 1.82) is 0 Å². The van der Waals surface area contributed by atoms with Crippen molar-refractivity contribution in [1.82, 2.24) is 0 Å². The molecule has 27 heavy (non-hydrogen) atoms. The third-order valence-corrected chi connectivity index (χ3v) is 8.22. The standard InChI is InChI=1S/C22H14Cl4O/c23-21(24)19(15-9-3-1-4-10-15)17-13-7-8-14-18(17)20(27-19,22(21,25)26)16-11-5-2-6-12-16/h1-14H/t19-,20+. The molecule has 3 aromatic rings. The topological polar surface area (TPSA) is 9.23 Å². The summed E-state index contributed by atoms with van der Waals surface area (Å²) in [4.78, 5) is 0. The maximum Gasteiger partial charge on any atom is 0.191 e. The lowest BCUT2D eigenvalue weighted by Crippen LogP contribution is -2.55. The normalized spacial score (nSPS) is 29.5. The fraction of sp³-hybridized carbons (Fsp3) is 0.182. The van der Waals surface area contributed by atoms with E-state index in [1.165, 1.54) is 0 Å². The van der Waals surface area contributed by atoms with Gasteiger partial charge >= 0.3 is 0 Å². The highest BCUT2D eigenvalue weighted by atomic mass is 35.5. The quantitative estimate of drug-likeness (QED) is 0.414. The number of ether oxygens (including phenoxy) is 1. The Morgan fingerprint density at radius 2 is 0.815 bits per heavy atom. The molecule has 5 rings (SSSR count). The Morgan fingerprint density at radius 3 is 1.19 bits per heavy atom. The largest absolute Gasteiger partial charge is 0.343 e. The second-order valence-electron chi connectivity index (χ2n) is 6.89. The van der Waals surface area contributed by atoms with Gasteiger partial charge in [-0.2, -0.15) is 0 Å². The minimum atomic E-state index is -1.63. The third kappa shape index (κ3) is 1.88. The van der Waals surface area contributed by atoms with Crippen LogP contribution in [0.2, 0.25) is 0 Å². The number of halogens is 4. The molecule has 0 N–H and O–H groups in total. The van der Waals surface area contributed by atoms with Gasteiger partial charge in [-0.3, -0.25) is 0 Å². The number of alkyl halides is 4. The van der Waals surface area contributed by atoms with E-state index in [0.29, 0.717) is 0 Å². The van der Waals surface area contributed by atoms with Crippen molar-refractivity contribution in [3.8, 4) is 0 Å². The van der Waals surface area contributed by atoms with E-state index in [1.54, 1.807) is 0 Å². The van der Waals surface area contributed by atoms with Gasteiger partial charge in [0, 0.05) is 0 Å². The van der Waals surface area contributed by atoms with Gasteiger partial charge in [0.2, 0.25) is 0 Å². The molecule has 136 valence electrons. The van der Waals surface area contributed by atoms with Crippen LogP contribution in [0.25, 0.3) is 0 Å². The molecule has 0 spiro atoms. The van der Waals surface area contributed by atoms with Crippen LogP contribution >= 0.6 is 46.4 Å². The SMILES string of the molecule is ClC1(Cl)C(Cl)(Cl)[C@@]2(c3ccccc3)O[C@]1(c1ccccc1)c1ccccc12. The molecule has 1 nitrogen and oxygen atoms in total. The van der Waals surface area contributed by atoms with Gasteiger partial charge in [0.25, 0.3) is 0 Å². The van der Waals surface area contributed by atoms with Crippen molar-refractivity contribution in [3.05, 3.63) is 107 Å². The van der Waals surface area contributed by atoms with Crippen molar-refractivity contribution in [2.24, 2.45) is 0 Å². The van der Waals surface area contributed by atoms with Gasteiger partial charge in [0.15, 0.2) is 19.9 Å². The molecule has 3 aromatic carbocycles. The summed E-state index contributed by atoms with van der Waals surface area (Å²) in [7, 11) is 0. The molecule has 2 aliphatic heterocycles. The van der Waals surface area contributed by atoms with Crippen LogP contribution in [-0.2, 0) is 15.9 Å². The lowest BCUT2D eigenvalue weighted by Gasteiger charge is -2.45. The van der Waals surface area contributed by atoms with E-state index in [9.17, 15) is 0 Å². The zero-order chi connectivity index (χ0) is 18.9. The van der Waals surface area contributed by atoms with Crippen LogP contribution in [0.1, 0.15) is 22.3 Å². The summed E-state index contributed by atoms with van der Waals surface area (Å²) >= 11 is 28.0. The molecule has 1 saturated heterocycles. The second kappa shape index (κ2) is 5.65. The predicted molar refractivity (Wildman–Crippen MR) is 111 cm³/mol. The maximum atomic E-state index is 6.99. The van der Waals surface area contributed by atoms with E-state index in [-0.39, 0.29) is 0 Å². The number of fused-ring (bicyclic) bond motifs is 5. The van der Waals surface area contributed by atoms with Crippen LogP contribution in [0.4, 0.5) is 0 Å². The van der Waals surface area contributed by atoms with Crippen molar-refractivity contribution in [3.63, 3.8) is 0 Å². The lowest BCUT2D eigenvalue weighted by atomic mass is 9.70. The minimum Gasteiger partial charge on any atom is -0.343 e. The van der Waals surface area contributed by atoms with Crippen LogP contribution in [0.15, 0.2) is 84.9 Å². The van der Waals surface area contributed by atoms with Gasteiger partial charge in [-0.1, -0.05) is 131 Å². The van der Waals surface area contributed by atoms with Crippen LogP contribution in [0.5, 0.6) is 0 Å². The van der Waals surface area contributed by atoms with Crippen molar-refractivity contribution in [2.45, 2.75) is 19.9 Å². The van der Waals surface area contributed by atoms with Crippen molar-refractivity contribution >= 4 is 46.4 Å². The summed E-state index contributed by atoms with van der Waals surface area (Å²) in [5, 5.41) is 0. The fourth-order valence-corrected chi connectivity index (χ4v) is 6.01. The van der Waals surface area contributed by atoms with Crippen molar-refractivity contribution in [2.75, 3.05) is 0 Å². The van der Waals surface area contributed by atoms with Gasteiger partial charge in [0.05, 0.1) is 0 Å². The molecule has 2 aliphatic rings. The van der Waals surface area contributed by atoms with E-state index < -0.39 is 19.9 Å². The highest BCUT2D eigenvalue weighted by Gasteiger charge is 2.84. The number of rotatable bonds is 2. The van der Waals surface area contributed by atoms with Gasteiger partial charge in [-0.25, -0.2) is 0 Å². The summed E-state index contributed by atoms with van der Waals surface area (Å²) in [6, 6.07) is 27.1. The average molecular weight is 436 g/mol. The Balaban J connectivity index is 1.94. The van der Waals surface area contributed by atoms with E-state index in [1.807, 2.05) is 84.9 Å². The highest BCUT2D eigenvalue weighted by Crippen LogP contribution is 2.77. The molecule has 1 fully saturated rings. The van der Waals surface area contributed by atoms with Crippen molar-refractivity contribution < 1.29 is 4.74 Å². The fourth-order valence-electron chi connectivity index (χ4n) is 4.48. The Kier molecular flexibility index (Phi) is 3.74. The lowest BCUT2D eigenvalue weighted by molar-refractivity contribution is -0.0437. The maximum absolute atomic E-state index is 6.99. The molecule has 2 heterocycles. The third-order valence-electron chi connectivity index (χ3n) is 5.63. The molecule has 5 heteroatoms. The number of hydrogen-bond acceptors (Lipinski definition) is 1. The molecule has 2 atom stereocenters. The van der Waals surface area contributed by atoms with Gasteiger partial charge in [-0.15, -0.1) is 0 Å². The van der Waals surface area contributed by atoms with E-state index >= 15 is 0 Å². The Hall–Kier alpha value is -1.22. The molecule has 0 saturated carbocycles. The van der Waals surface area contributed by atoms with Gasteiger partial charge in [0.1, 0.15) is 0 Å². The molecule has 0 amide bonds. The Labute approximate surface area is 177 Å².